The van der Waals surface area contributed by atoms with Gasteiger partial charge in [-0.1, -0.05) is 44.9 Å². The lowest BCUT2D eigenvalue weighted by Crippen LogP contribution is -2.64. The smallest absolute Gasteiger partial charge is 0.253 e. The first-order valence-electron chi connectivity index (χ1n) is 19.5. The van der Waals surface area contributed by atoms with E-state index in [9.17, 15) is 44.1 Å². The predicted octanol–water partition coefficient (Wildman–Crippen LogP) is 0.0884. The highest BCUT2D eigenvalue weighted by atomic mass is 16.7. The number of aliphatic hydroxyl groups excluding tert-OH is 3. The third kappa shape index (κ3) is 19.7. The van der Waals surface area contributed by atoms with Crippen molar-refractivity contribution in [1.82, 2.24) is 26.2 Å². The Kier molecular flexibility index (Phi) is 24.2. The molecule has 6 amide bonds. The minimum atomic E-state index is -1.39. The third-order valence-corrected chi connectivity index (χ3v) is 9.06. The second-order valence-corrected chi connectivity index (χ2v) is 13.6. The molecule has 0 saturated carbocycles. The van der Waals surface area contributed by atoms with Crippen molar-refractivity contribution >= 4 is 35.4 Å². The summed E-state index contributed by atoms with van der Waals surface area (Å²) in [5.74, 6) is -1.19. The van der Waals surface area contributed by atoms with E-state index in [1.165, 1.54) is 24.0 Å². The molecule has 5 atom stereocenters. The quantitative estimate of drug-likeness (QED) is 0.0380. The summed E-state index contributed by atoms with van der Waals surface area (Å²) in [7, 11) is 0. The molecule has 2 aliphatic rings. The van der Waals surface area contributed by atoms with E-state index in [1.807, 2.05) is 0 Å². The molecule has 0 radical (unpaired) electrons. The average Bonchev–Trinajstić information content (AvgIpc) is 3.46. The molecule has 54 heavy (non-hydrogen) atoms. The highest BCUT2D eigenvalue weighted by Gasteiger charge is 2.45. The molecule has 17 nitrogen and oxygen atoms in total. The van der Waals surface area contributed by atoms with Crippen molar-refractivity contribution in [3.05, 3.63) is 12.2 Å². The van der Waals surface area contributed by atoms with Gasteiger partial charge in [-0.15, -0.1) is 0 Å². The number of amides is 6. The molecule has 1 saturated heterocycles. The van der Waals surface area contributed by atoms with Crippen LogP contribution in [0.1, 0.15) is 103 Å². The van der Waals surface area contributed by atoms with Gasteiger partial charge in [0.2, 0.25) is 23.6 Å². The number of aliphatic hydroxyl groups is 3. The molecule has 0 unspecified atom stereocenters. The van der Waals surface area contributed by atoms with E-state index in [4.69, 9.17) is 14.2 Å². The number of carbonyl (C=O) groups excluding carboxylic acids is 6. The highest BCUT2D eigenvalue weighted by molar-refractivity contribution is 6.12. The topological polar surface area (TPSA) is 242 Å². The average molecular weight is 770 g/mol. The van der Waals surface area contributed by atoms with Crippen LogP contribution in [0.4, 0.5) is 0 Å². The van der Waals surface area contributed by atoms with Gasteiger partial charge in [0.1, 0.15) is 24.4 Å². The molecule has 0 aromatic carbocycles. The molecule has 308 valence electrons. The van der Waals surface area contributed by atoms with Crippen LogP contribution in [-0.4, -0.2) is 139 Å². The van der Waals surface area contributed by atoms with Crippen LogP contribution in [-0.2, 0) is 43.0 Å². The number of imide groups is 1. The Bertz CT molecular complexity index is 1170. The van der Waals surface area contributed by atoms with Crippen LogP contribution >= 0.6 is 0 Å². The predicted molar refractivity (Wildman–Crippen MR) is 196 cm³/mol. The monoisotopic (exact) mass is 769 g/mol. The maximum Gasteiger partial charge on any atom is 0.253 e. The lowest BCUT2D eigenvalue weighted by Gasteiger charge is -2.42. The summed E-state index contributed by atoms with van der Waals surface area (Å²) in [4.78, 5) is 72.0. The molecule has 2 heterocycles. The Balaban J connectivity index is 1.33. The lowest BCUT2D eigenvalue weighted by molar-refractivity contribution is -0.270. The summed E-state index contributed by atoms with van der Waals surface area (Å²) in [5.41, 5.74) is 0. The van der Waals surface area contributed by atoms with Crippen LogP contribution in [0, 0.1) is 0 Å². The fraction of sp³-hybridized carbons (Fsp3) is 0.784. The first kappa shape index (κ1) is 46.7. The van der Waals surface area contributed by atoms with Crippen LogP contribution in [0.2, 0.25) is 0 Å². The number of nitrogens with one attached hydrogen (secondary N) is 4. The Morgan fingerprint density at radius 2 is 1.22 bits per heavy atom. The van der Waals surface area contributed by atoms with Crippen LogP contribution in [0.25, 0.3) is 0 Å². The molecule has 7 N–H and O–H groups in total. The van der Waals surface area contributed by atoms with E-state index in [0.29, 0.717) is 58.5 Å². The molecule has 0 spiro atoms. The summed E-state index contributed by atoms with van der Waals surface area (Å²) in [6.45, 7) is 3.14. The van der Waals surface area contributed by atoms with E-state index >= 15 is 0 Å². The number of nitrogens with zero attached hydrogens (tertiary/aromatic N) is 1. The van der Waals surface area contributed by atoms with Crippen molar-refractivity contribution in [2.45, 2.75) is 134 Å². The Labute approximate surface area is 318 Å². The largest absolute Gasteiger partial charge is 0.394 e. The summed E-state index contributed by atoms with van der Waals surface area (Å²) in [5, 5.41) is 40.7. The number of unbranched alkanes of at least 4 members (excludes halogenated alkanes) is 9. The molecular formula is C37H63N5O12. The third-order valence-electron chi connectivity index (χ3n) is 9.06. The number of hydrogen-bond acceptors (Lipinski definition) is 12. The van der Waals surface area contributed by atoms with E-state index in [0.717, 1.165) is 57.8 Å². The number of hydrogen-bond donors (Lipinski definition) is 7. The van der Waals surface area contributed by atoms with Crippen LogP contribution in [0.5, 0.6) is 0 Å². The normalized spacial score (nSPS) is 21.0. The maximum absolute atomic E-state index is 12.1. The second kappa shape index (κ2) is 28.0. The minimum Gasteiger partial charge on any atom is -0.394 e. The van der Waals surface area contributed by atoms with Crippen LogP contribution < -0.4 is 21.3 Å². The van der Waals surface area contributed by atoms with Gasteiger partial charge >= 0.3 is 0 Å². The Hall–Kier alpha value is -3.48. The number of carbonyl (C=O) groups is 6. The summed E-state index contributed by atoms with van der Waals surface area (Å²) < 4.78 is 16.6. The molecule has 2 rings (SSSR count). The second-order valence-electron chi connectivity index (χ2n) is 13.6. The molecule has 0 aromatic rings. The molecular weight excluding hydrogens is 706 g/mol. The molecule has 1 fully saturated rings. The fourth-order valence-corrected chi connectivity index (χ4v) is 5.98. The number of ether oxygens (including phenoxy) is 3. The van der Waals surface area contributed by atoms with Gasteiger partial charge in [0.25, 0.3) is 11.8 Å². The van der Waals surface area contributed by atoms with Crippen molar-refractivity contribution in [3.8, 4) is 0 Å². The number of rotatable bonds is 30. The first-order valence-corrected chi connectivity index (χ1v) is 19.5. The summed E-state index contributed by atoms with van der Waals surface area (Å²) in [6, 6.07) is -1.01. The van der Waals surface area contributed by atoms with Crippen LogP contribution in [0.3, 0.4) is 0 Å². The Morgan fingerprint density at radius 3 is 1.81 bits per heavy atom. The molecule has 17 heteroatoms. The standard InChI is InChI=1S/C37H63N5O12/c1-27(44)41-34-36(51)35(50)28(26-43)54-37(34)53-23-12-10-15-29(45)38-19-13-20-39-31(47)18-24-52-25-21-40-30(46)14-9-7-5-3-2-4-6-8-11-22-42-32(48)16-17-33(42)49/h16-17,28,34-37,43,50-51H,2-15,18-26H2,1H3,(H,38,45)(H,39,47)(H,40,46)(H,41,44)/t28-,34-,35+,36-,37-/m1/s1. The van der Waals surface area contributed by atoms with E-state index < -0.39 is 43.2 Å². The van der Waals surface area contributed by atoms with Gasteiger partial charge < -0.3 is 50.8 Å². The molecule has 0 bridgehead atoms. The zero-order chi connectivity index (χ0) is 39.6. The SMILES string of the molecule is CC(=O)N[C@H]1[C@H](OCCCCC(=O)NCCCNC(=O)CCOCCNC(=O)CCCCCCCCCCCN2C(=O)C=CC2=O)O[C@H](CO)[C@H](O)[C@@H]1O. The van der Waals surface area contributed by atoms with Gasteiger partial charge in [0.15, 0.2) is 6.29 Å². The van der Waals surface area contributed by atoms with E-state index in [-0.39, 0.29) is 55.6 Å². The van der Waals surface area contributed by atoms with Crippen molar-refractivity contribution in [2.75, 3.05) is 52.6 Å². The van der Waals surface area contributed by atoms with E-state index in [2.05, 4.69) is 21.3 Å². The minimum absolute atomic E-state index is 0.00775. The van der Waals surface area contributed by atoms with Gasteiger partial charge in [-0.3, -0.25) is 33.7 Å². The fourth-order valence-electron chi connectivity index (χ4n) is 5.98. The lowest BCUT2D eigenvalue weighted by atomic mass is 9.97. The van der Waals surface area contributed by atoms with Crippen molar-refractivity contribution in [2.24, 2.45) is 0 Å². The summed E-state index contributed by atoms with van der Waals surface area (Å²) >= 11 is 0. The first-order chi connectivity index (χ1) is 26.0. The van der Waals surface area contributed by atoms with Crippen LogP contribution in [0.15, 0.2) is 12.2 Å². The zero-order valence-corrected chi connectivity index (χ0v) is 31.8. The molecule has 0 aromatic heterocycles. The van der Waals surface area contributed by atoms with E-state index in [1.54, 1.807) is 0 Å². The zero-order valence-electron chi connectivity index (χ0n) is 31.8. The van der Waals surface area contributed by atoms with Gasteiger partial charge in [0.05, 0.1) is 19.8 Å². The highest BCUT2D eigenvalue weighted by Crippen LogP contribution is 2.22. The van der Waals surface area contributed by atoms with Gasteiger partial charge in [0, 0.05) is 71.1 Å². The van der Waals surface area contributed by atoms with Crippen molar-refractivity contribution in [1.29, 1.82) is 0 Å². The molecule has 2 aliphatic heterocycles. The van der Waals surface area contributed by atoms with Gasteiger partial charge in [-0.25, -0.2) is 0 Å². The Morgan fingerprint density at radius 1 is 0.685 bits per heavy atom. The molecule has 0 aliphatic carbocycles. The maximum atomic E-state index is 12.1. The van der Waals surface area contributed by atoms with Crippen molar-refractivity contribution in [3.63, 3.8) is 0 Å². The summed E-state index contributed by atoms with van der Waals surface area (Å²) in [6.07, 6.45) is 9.49. The van der Waals surface area contributed by atoms with Crippen molar-refractivity contribution < 1.29 is 58.3 Å². The van der Waals surface area contributed by atoms with Gasteiger partial charge in [-0.05, 0) is 32.1 Å². The van der Waals surface area contributed by atoms with Gasteiger partial charge in [-0.2, -0.15) is 0 Å².